The summed E-state index contributed by atoms with van der Waals surface area (Å²) in [6.45, 7) is 0. The van der Waals surface area contributed by atoms with Crippen LogP contribution in [0.25, 0.3) is 0 Å². The molecule has 1 amide bonds. The van der Waals surface area contributed by atoms with E-state index in [1.165, 1.54) is 0 Å². The molecule has 74 valence electrons. The first-order chi connectivity index (χ1) is 7.27. The van der Waals surface area contributed by atoms with Gasteiger partial charge in [0.1, 0.15) is 6.07 Å². The minimum atomic E-state index is -0.251. The molecule has 1 aromatic carbocycles. The van der Waals surface area contributed by atoms with Gasteiger partial charge in [-0.3, -0.25) is 4.79 Å². The molecule has 0 saturated heterocycles. The Morgan fingerprint density at radius 1 is 1.33 bits per heavy atom. The standard InChI is InChI=1S/C11H9N3O/c12-7-3-6-11(15)14-10-5-2-1-4-9(10)8-13/h1-2,4-5H,3,6H2,(H,14,15). The van der Waals surface area contributed by atoms with Gasteiger partial charge >= 0.3 is 0 Å². The number of amides is 1. The second-order valence-corrected chi connectivity index (χ2v) is 2.86. The summed E-state index contributed by atoms with van der Waals surface area (Å²) in [5.74, 6) is -0.251. The zero-order valence-corrected chi connectivity index (χ0v) is 8.03. The highest BCUT2D eigenvalue weighted by Crippen LogP contribution is 2.13. The minimum absolute atomic E-state index is 0.149. The molecular formula is C11H9N3O. The van der Waals surface area contributed by atoms with E-state index in [1.54, 1.807) is 24.3 Å². The van der Waals surface area contributed by atoms with Crippen molar-refractivity contribution in [3.05, 3.63) is 29.8 Å². The summed E-state index contributed by atoms with van der Waals surface area (Å²) >= 11 is 0. The maximum absolute atomic E-state index is 11.3. The van der Waals surface area contributed by atoms with Crippen molar-refractivity contribution in [3.63, 3.8) is 0 Å². The van der Waals surface area contributed by atoms with Crippen LogP contribution in [0, 0.1) is 22.7 Å². The smallest absolute Gasteiger partial charge is 0.225 e. The SMILES string of the molecule is N#CCCC(=O)Nc1ccccc1C#N. The van der Waals surface area contributed by atoms with Crippen molar-refractivity contribution in [1.82, 2.24) is 0 Å². The van der Waals surface area contributed by atoms with E-state index in [0.29, 0.717) is 11.3 Å². The molecule has 0 saturated carbocycles. The molecule has 0 bridgehead atoms. The van der Waals surface area contributed by atoms with Crippen LogP contribution in [0.2, 0.25) is 0 Å². The molecule has 0 aromatic heterocycles. The van der Waals surface area contributed by atoms with Crippen molar-refractivity contribution >= 4 is 11.6 Å². The highest BCUT2D eigenvalue weighted by atomic mass is 16.1. The van der Waals surface area contributed by atoms with E-state index in [9.17, 15) is 4.79 Å². The molecule has 1 aromatic rings. The van der Waals surface area contributed by atoms with E-state index < -0.39 is 0 Å². The number of nitrogens with zero attached hydrogens (tertiary/aromatic N) is 2. The van der Waals surface area contributed by atoms with Crippen molar-refractivity contribution in [2.75, 3.05) is 5.32 Å². The summed E-state index contributed by atoms with van der Waals surface area (Å²) in [4.78, 5) is 11.3. The molecule has 4 nitrogen and oxygen atoms in total. The van der Waals surface area contributed by atoms with Crippen molar-refractivity contribution in [3.8, 4) is 12.1 Å². The van der Waals surface area contributed by atoms with Gasteiger partial charge in [0.25, 0.3) is 0 Å². The topological polar surface area (TPSA) is 76.7 Å². The van der Waals surface area contributed by atoms with E-state index in [0.717, 1.165) is 0 Å². The van der Waals surface area contributed by atoms with Crippen LogP contribution in [0.1, 0.15) is 18.4 Å². The molecule has 0 fully saturated rings. The predicted octanol–water partition coefficient (Wildman–Crippen LogP) is 1.80. The molecule has 0 radical (unpaired) electrons. The Hall–Kier alpha value is -2.33. The maximum Gasteiger partial charge on any atom is 0.225 e. The number of hydrogen-bond acceptors (Lipinski definition) is 3. The number of benzene rings is 1. The lowest BCUT2D eigenvalue weighted by molar-refractivity contribution is -0.116. The molecule has 0 atom stereocenters. The molecule has 0 aliphatic heterocycles. The Balaban J connectivity index is 2.69. The highest BCUT2D eigenvalue weighted by Gasteiger charge is 2.05. The van der Waals surface area contributed by atoms with Gasteiger partial charge in [-0.05, 0) is 12.1 Å². The highest BCUT2D eigenvalue weighted by molar-refractivity contribution is 5.92. The third-order valence-corrected chi connectivity index (χ3v) is 1.79. The second kappa shape index (κ2) is 5.41. The largest absolute Gasteiger partial charge is 0.325 e. The molecule has 0 spiro atoms. The van der Waals surface area contributed by atoms with Gasteiger partial charge in [-0.25, -0.2) is 0 Å². The van der Waals surface area contributed by atoms with Crippen molar-refractivity contribution in [2.24, 2.45) is 0 Å². The Labute approximate surface area is 87.8 Å². The summed E-state index contributed by atoms with van der Waals surface area (Å²) in [5, 5.41) is 19.6. The van der Waals surface area contributed by atoms with Crippen molar-refractivity contribution < 1.29 is 4.79 Å². The molecule has 0 aliphatic rings. The van der Waals surface area contributed by atoms with E-state index in [-0.39, 0.29) is 18.7 Å². The van der Waals surface area contributed by atoms with Crippen molar-refractivity contribution in [1.29, 1.82) is 10.5 Å². The van der Waals surface area contributed by atoms with Gasteiger partial charge in [0.15, 0.2) is 0 Å². The van der Waals surface area contributed by atoms with E-state index in [2.05, 4.69) is 5.32 Å². The fourth-order valence-corrected chi connectivity index (χ4v) is 1.07. The average Bonchev–Trinajstić information content (AvgIpc) is 2.27. The third-order valence-electron chi connectivity index (χ3n) is 1.79. The van der Waals surface area contributed by atoms with Gasteiger partial charge in [-0.1, -0.05) is 12.1 Å². The van der Waals surface area contributed by atoms with Crippen LogP contribution >= 0.6 is 0 Å². The Morgan fingerprint density at radius 2 is 2.07 bits per heavy atom. The summed E-state index contributed by atoms with van der Waals surface area (Å²) in [7, 11) is 0. The Kier molecular flexibility index (Phi) is 3.88. The Morgan fingerprint density at radius 3 is 2.73 bits per heavy atom. The third kappa shape index (κ3) is 3.13. The van der Waals surface area contributed by atoms with Crippen LogP contribution in [0.3, 0.4) is 0 Å². The van der Waals surface area contributed by atoms with Gasteiger partial charge in [-0.15, -0.1) is 0 Å². The van der Waals surface area contributed by atoms with Gasteiger partial charge in [-0.2, -0.15) is 10.5 Å². The number of para-hydroxylation sites is 1. The molecule has 1 N–H and O–H groups in total. The number of carbonyl (C=O) groups is 1. The lowest BCUT2D eigenvalue weighted by atomic mass is 10.2. The molecular weight excluding hydrogens is 190 g/mol. The monoisotopic (exact) mass is 199 g/mol. The van der Waals surface area contributed by atoms with Crippen LogP contribution < -0.4 is 5.32 Å². The minimum Gasteiger partial charge on any atom is -0.325 e. The number of carbonyl (C=O) groups excluding carboxylic acids is 1. The van der Waals surface area contributed by atoms with Crippen molar-refractivity contribution in [2.45, 2.75) is 12.8 Å². The first-order valence-electron chi connectivity index (χ1n) is 4.44. The number of nitriles is 2. The van der Waals surface area contributed by atoms with Crippen LogP contribution in [-0.4, -0.2) is 5.91 Å². The second-order valence-electron chi connectivity index (χ2n) is 2.86. The van der Waals surface area contributed by atoms with E-state index in [1.807, 2.05) is 12.1 Å². The van der Waals surface area contributed by atoms with Crippen LogP contribution in [-0.2, 0) is 4.79 Å². The molecule has 15 heavy (non-hydrogen) atoms. The normalized spacial score (nSPS) is 8.67. The quantitative estimate of drug-likeness (QED) is 0.806. The van der Waals surface area contributed by atoms with E-state index >= 15 is 0 Å². The number of hydrogen-bond donors (Lipinski definition) is 1. The Bertz CT molecular complexity index is 440. The fourth-order valence-electron chi connectivity index (χ4n) is 1.07. The summed E-state index contributed by atoms with van der Waals surface area (Å²) < 4.78 is 0. The first kappa shape index (κ1) is 10.7. The fraction of sp³-hybridized carbons (Fsp3) is 0.182. The van der Waals surface area contributed by atoms with Crippen LogP contribution in [0.4, 0.5) is 5.69 Å². The summed E-state index contributed by atoms with van der Waals surface area (Å²) in [6.07, 6.45) is 0.330. The zero-order chi connectivity index (χ0) is 11.1. The number of anilines is 1. The zero-order valence-electron chi connectivity index (χ0n) is 8.03. The van der Waals surface area contributed by atoms with Gasteiger partial charge in [0, 0.05) is 12.8 Å². The van der Waals surface area contributed by atoms with Crippen LogP contribution in [0.5, 0.6) is 0 Å². The lowest BCUT2D eigenvalue weighted by Gasteiger charge is -2.04. The molecule has 0 heterocycles. The predicted molar refractivity (Wildman–Crippen MR) is 54.6 cm³/mol. The molecule has 0 unspecified atom stereocenters. The molecule has 4 heteroatoms. The molecule has 1 rings (SSSR count). The van der Waals surface area contributed by atoms with Crippen LogP contribution in [0.15, 0.2) is 24.3 Å². The van der Waals surface area contributed by atoms with Gasteiger partial charge in [0.05, 0.1) is 17.3 Å². The summed E-state index contributed by atoms with van der Waals surface area (Å²) in [6, 6.07) is 10.6. The first-order valence-corrected chi connectivity index (χ1v) is 4.44. The van der Waals surface area contributed by atoms with Gasteiger partial charge < -0.3 is 5.32 Å². The molecule has 0 aliphatic carbocycles. The maximum atomic E-state index is 11.3. The van der Waals surface area contributed by atoms with Gasteiger partial charge in [0.2, 0.25) is 5.91 Å². The lowest BCUT2D eigenvalue weighted by Crippen LogP contribution is -2.11. The number of nitrogens with one attached hydrogen (secondary N) is 1. The number of rotatable bonds is 3. The van der Waals surface area contributed by atoms with E-state index in [4.69, 9.17) is 10.5 Å². The average molecular weight is 199 g/mol. The summed E-state index contributed by atoms with van der Waals surface area (Å²) in [5.41, 5.74) is 0.908.